The summed E-state index contributed by atoms with van der Waals surface area (Å²) >= 11 is 1.38. The molecule has 4 heteroatoms. The van der Waals surface area contributed by atoms with Gasteiger partial charge in [0.2, 0.25) is 0 Å². The second-order valence-corrected chi connectivity index (χ2v) is 6.92. The van der Waals surface area contributed by atoms with Crippen LogP contribution in [0.2, 0.25) is 0 Å². The maximum absolute atomic E-state index is 10.9. The molecule has 0 aromatic carbocycles. The van der Waals surface area contributed by atoms with Gasteiger partial charge in [-0.25, -0.2) is 4.79 Å². The van der Waals surface area contributed by atoms with Crippen molar-refractivity contribution in [3.05, 3.63) is 21.4 Å². The van der Waals surface area contributed by atoms with E-state index in [1.807, 2.05) is 13.0 Å². The number of nitrogens with one attached hydrogen (secondary N) is 1. The Morgan fingerprint density at radius 1 is 1.50 bits per heavy atom. The highest BCUT2D eigenvalue weighted by Gasteiger charge is 2.39. The van der Waals surface area contributed by atoms with Crippen molar-refractivity contribution in [2.24, 2.45) is 11.8 Å². The summed E-state index contributed by atoms with van der Waals surface area (Å²) in [4.78, 5) is 12.5. The summed E-state index contributed by atoms with van der Waals surface area (Å²) in [5, 5.41) is 12.6. The van der Waals surface area contributed by atoms with Crippen molar-refractivity contribution < 1.29 is 9.90 Å². The third-order valence-corrected chi connectivity index (χ3v) is 5.60. The lowest BCUT2D eigenvalue weighted by molar-refractivity contribution is 0.0702. The Hall–Kier alpha value is -0.870. The molecule has 2 N–H and O–H groups in total. The van der Waals surface area contributed by atoms with E-state index in [1.165, 1.54) is 37.0 Å². The van der Waals surface area contributed by atoms with Crippen LogP contribution in [0.3, 0.4) is 0 Å². The van der Waals surface area contributed by atoms with Crippen molar-refractivity contribution in [2.75, 3.05) is 0 Å². The van der Waals surface area contributed by atoms with E-state index in [-0.39, 0.29) is 0 Å². The molecular formula is C14H19NO2S. The summed E-state index contributed by atoms with van der Waals surface area (Å²) in [6, 6.07) is 2.49. The maximum Gasteiger partial charge on any atom is 0.345 e. The molecular weight excluding hydrogens is 246 g/mol. The number of carboxylic acid groups (broad SMARTS) is 1. The van der Waals surface area contributed by atoms with Gasteiger partial charge in [0.25, 0.3) is 0 Å². The number of aryl methyl sites for hydroxylation is 1. The Morgan fingerprint density at radius 2 is 2.33 bits per heavy atom. The number of hydrogen-bond donors (Lipinski definition) is 2. The van der Waals surface area contributed by atoms with Gasteiger partial charge in [0.05, 0.1) is 0 Å². The van der Waals surface area contributed by atoms with E-state index in [2.05, 4.69) is 5.32 Å². The van der Waals surface area contributed by atoms with Crippen molar-refractivity contribution in [2.45, 2.75) is 45.2 Å². The minimum Gasteiger partial charge on any atom is -0.477 e. The molecule has 0 amide bonds. The summed E-state index contributed by atoms with van der Waals surface area (Å²) in [6.07, 6.45) is 5.52. The first-order valence-electron chi connectivity index (χ1n) is 6.69. The van der Waals surface area contributed by atoms with Crippen molar-refractivity contribution in [1.29, 1.82) is 0 Å². The molecule has 3 rings (SSSR count). The molecule has 0 aliphatic heterocycles. The van der Waals surface area contributed by atoms with Gasteiger partial charge in [0.1, 0.15) is 4.88 Å². The van der Waals surface area contributed by atoms with Gasteiger partial charge in [-0.1, -0.05) is 6.42 Å². The fraction of sp³-hybridized carbons (Fsp3) is 0.643. The lowest BCUT2D eigenvalue weighted by atomic mass is 9.95. The average Bonchev–Trinajstić information content (AvgIpc) is 3.01. The summed E-state index contributed by atoms with van der Waals surface area (Å²) in [5.74, 6) is 1.01. The van der Waals surface area contributed by atoms with Gasteiger partial charge in [-0.3, -0.25) is 0 Å². The minimum absolute atomic E-state index is 0.456. The molecule has 2 saturated carbocycles. The maximum atomic E-state index is 10.9. The van der Waals surface area contributed by atoms with Crippen LogP contribution in [0.25, 0.3) is 0 Å². The highest BCUT2D eigenvalue weighted by molar-refractivity contribution is 7.14. The third kappa shape index (κ3) is 2.19. The van der Waals surface area contributed by atoms with Gasteiger partial charge in [0.15, 0.2) is 0 Å². The fourth-order valence-corrected chi connectivity index (χ4v) is 4.42. The van der Waals surface area contributed by atoms with Crippen molar-refractivity contribution in [3.8, 4) is 0 Å². The number of carboxylic acids is 1. The summed E-state index contributed by atoms with van der Waals surface area (Å²) < 4.78 is 0. The standard InChI is InChI=1S/C14H19NO2S/c1-8-11(6-13(18-8)14(16)17)7-15-12-5-9-2-3-10(12)4-9/h6,9-10,12,15H,2-5,7H2,1H3,(H,16,17). The number of fused-ring (bicyclic) bond motifs is 2. The Kier molecular flexibility index (Phi) is 3.16. The predicted octanol–water partition coefficient (Wildman–Crippen LogP) is 3.03. The zero-order valence-corrected chi connectivity index (χ0v) is 11.4. The van der Waals surface area contributed by atoms with Crippen molar-refractivity contribution in [1.82, 2.24) is 5.32 Å². The fourth-order valence-electron chi connectivity index (χ4n) is 3.54. The molecule has 1 heterocycles. The van der Waals surface area contributed by atoms with E-state index in [9.17, 15) is 4.79 Å². The number of hydrogen-bond acceptors (Lipinski definition) is 3. The number of thiophene rings is 1. The van der Waals surface area contributed by atoms with Crippen LogP contribution in [-0.4, -0.2) is 17.1 Å². The van der Waals surface area contributed by atoms with Crippen LogP contribution in [-0.2, 0) is 6.54 Å². The van der Waals surface area contributed by atoms with Crippen molar-refractivity contribution in [3.63, 3.8) is 0 Å². The molecule has 2 fully saturated rings. The summed E-state index contributed by atoms with van der Waals surface area (Å²) in [5.41, 5.74) is 1.15. The molecule has 1 aromatic rings. The summed E-state index contributed by atoms with van der Waals surface area (Å²) in [6.45, 7) is 2.83. The Labute approximate surface area is 111 Å². The Bertz CT molecular complexity index is 468. The van der Waals surface area contributed by atoms with E-state index in [4.69, 9.17) is 5.11 Å². The molecule has 0 saturated heterocycles. The second-order valence-electron chi connectivity index (χ2n) is 5.66. The largest absolute Gasteiger partial charge is 0.477 e. The van der Waals surface area contributed by atoms with E-state index in [1.54, 1.807) is 0 Å². The van der Waals surface area contributed by atoms with Crippen LogP contribution < -0.4 is 5.32 Å². The zero-order valence-electron chi connectivity index (χ0n) is 10.6. The summed E-state index contributed by atoms with van der Waals surface area (Å²) in [7, 11) is 0. The monoisotopic (exact) mass is 265 g/mol. The van der Waals surface area contributed by atoms with Crippen LogP contribution in [0.4, 0.5) is 0 Å². The minimum atomic E-state index is -0.811. The highest BCUT2D eigenvalue weighted by atomic mass is 32.1. The van der Waals surface area contributed by atoms with Crippen LogP contribution in [0.1, 0.15) is 45.8 Å². The smallest absolute Gasteiger partial charge is 0.345 e. The lowest BCUT2D eigenvalue weighted by Crippen LogP contribution is -2.33. The van der Waals surface area contributed by atoms with Gasteiger partial charge < -0.3 is 10.4 Å². The molecule has 2 aliphatic carbocycles. The first-order chi connectivity index (χ1) is 8.63. The Balaban J connectivity index is 1.61. The van der Waals surface area contributed by atoms with Crippen LogP contribution >= 0.6 is 11.3 Å². The number of rotatable bonds is 4. The van der Waals surface area contributed by atoms with E-state index >= 15 is 0 Å². The van der Waals surface area contributed by atoms with Gasteiger partial charge in [-0.2, -0.15) is 0 Å². The molecule has 0 spiro atoms. The normalized spacial score (nSPS) is 29.9. The molecule has 2 bridgehead atoms. The lowest BCUT2D eigenvalue weighted by Gasteiger charge is -2.22. The average molecular weight is 265 g/mol. The Morgan fingerprint density at radius 3 is 2.89 bits per heavy atom. The molecule has 18 heavy (non-hydrogen) atoms. The molecule has 1 aromatic heterocycles. The highest BCUT2D eigenvalue weighted by Crippen LogP contribution is 2.44. The number of carbonyl (C=O) groups is 1. The van der Waals surface area contributed by atoms with Gasteiger partial charge in [-0.05, 0) is 49.7 Å². The molecule has 3 nitrogen and oxygen atoms in total. The first kappa shape index (κ1) is 12.2. The van der Waals surface area contributed by atoms with Crippen LogP contribution in [0, 0.1) is 18.8 Å². The van der Waals surface area contributed by atoms with E-state index < -0.39 is 5.97 Å². The number of aromatic carboxylic acids is 1. The quantitative estimate of drug-likeness (QED) is 0.879. The second kappa shape index (κ2) is 4.67. The molecule has 2 aliphatic rings. The molecule has 3 atom stereocenters. The van der Waals surface area contributed by atoms with Gasteiger partial charge in [0, 0.05) is 17.5 Å². The predicted molar refractivity (Wildman–Crippen MR) is 72.1 cm³/mol. The van der Waals surface area contributed by atoms with E-state index in [0.29, 0.717) is 10.9 Å². The molecule has 0 radical (unpaired) electrons. The molecule has 3 unspecified atom stereocenters. The van der Waals surface area contributed by atoms with Crippen LogP contribution in [0.5, 0.6) is 0 Å². The van der Waals surface area contributed by atoms with Crippen LogP contribution in [0.15, 0.2) is 6.07 Å². The molecule has 98 valence electrons. The van der Waals surface area contributed by atoms with Gasteiger partial charge in [-0.15, -0.1) is 11.3 Å². The first-order valence-corrected chi connectivity index (χ1v) is 7.51. The zero-order chi connectivity index (χ0) is 12.7. The van der Waals surface area contributed by atoms with Gasteiger partial charge >= 0.3 is 5.97 Å². The third-order valence-electron chi connectivity index (χ3n) is 4.52. The van der Waals surface area contributed by atoms with E-state index in [0.717, 1.165) is 28.8 Å². The topological polar surface area (TPSA) is 49.3 Å². The van der Waals surface area contributed by atoms with Crippen molar-refractivity contribution >= 4 is 17.3 Å². The SMILES string of the molecule is Cc1sc(C(=O)O)cc1CNC1CC2CCC1C2.